The first-order valence-corrected chi connectivity index (χ1v) is 8.03. The van der Waals surface area contributed by atoms with Gasteiger partial charge >= 0.3 is 0 Å². The zero-order valence-electron chi connectivity index (χ0n) is 14.9. The Balaban J connectivity index is 0.00000312. The number of nitrogens with one attached hydrogen (secondary N) is 2. The minimum Gasteiger partial charge on any atom is -0.497 e. The van der Waals surface area contributed by atoms with Crippen molar-refractivity contribution in [2.45, 2.75) is 20.0 Å². The van der Waals surface area contributed by atoms with Gasteiger partial charge in [0.15, 0.2) is 5.96 Å². The summed E-state index contributed by atoms with van der Waals surface area (Å²) >= 11 is 0. The van der Waals surface area contributed by atoms with Crippen molar-refractivity contribution in [3.8, 4) is 11.5 Å². The number of guanidine groups is 1. The van der Waals surface area contributed by atoms with Gasteiger partial charge in [-0.15, -0.1) is 24.0 Å². The molecule has 2 aromatic rings. The van der Waals surface area contributed by atoms with Gasteiger partial charge in [0, 0.05) is 13.1 Å². The van der Waals surface area contributed by atoms with Gasteiger partial charge in [-0.25, -0.2) is 4.99 Å². The molecular weight excluding hydrogens is 429 g/mol. The Morgan fingerprint density at radius 2 is 1.52 bits per heavy atom. The molecule has 0 saturated carbocycles. The van der Waals surface area contributed by atoms with Gasteiger partial charge in [-0.2, -0.15) is 0 Å². The van der Waals surface area contributed by atoms with E-state index in [0.29, 0.717) is 13.1 Å². The lowest BCUT2D eigenvalue weighted by Crippen LogP contribution is -2.36. The summed E-state index contributed by atoms with van der Waals surface area (Å²) in [5, 5.41) is 6.60. The van der Waals surface area contributed by atoms with E-state index in [1.54, 1.807) is 14.2 Å². The molecule has 0 aliphatic rings. The summed E-state index contributed by atoms with van der Waals surface area (Å²) in [6.07, 6.45) is 0. The molecule has 2 rings (SSSR count). The number of benzene rings is 2. The lowest BCUT2D eigenvalue weighted by atomic mass is 10.2. The number of methoxy groups -OCH3 is 2. The molecule has 0 spiro atoms. The van der Waals surface area contributed by atoms with Crippen molar-refractivity contribution >= 4 is 29.9 Å². The van der Waals surface area contributed by atoms with E-state index in [4.69, 9.17) is 9.47 Å². The highest BCUT2D eigenvalue weighted by molar-refractivity contribution is 14.0. The Morgan fingerprint density at radius 1 is 0.920 bits per heavy atom. The van der Waals surface area contributed by atoms with E-state index in [2.05, 4.69) is 21.7 Å². The van der Waals surface area contributed by atoms with Crippen LogP contribution in [0.1, 0.15) is 18.1 Å². The summed E-state index contributed by atoms with van der Waals surface area (Å²) in [5.41, 5.74) is 2.24. The van der Waals surface area contributed by atoms with Crippen molar-refractivity contribution in [3.63, 3.8) is 0 Å². The van der Waals surface area contributed by atoms with Gasteiger partial charge in [0.2, 0.25) is 0 Å². The molecule has 0 heterocycles. The van der Waals surface area contributed by atoms with Crippen molar-refractivity contribution in [1.29, 1.82) is 0 Å². The number of aliphatic imine (C=N–C) groups is 1. The number of nitrogens with zero attached hydrogens (tertiary/aromatic N) is 1. The topological polar surface area (TPSA) is 54.9 Å². The second-order valence-electron chi connectivity index (χ2n) is 5.25. The van der Waals surface area contributed by atoms with E-state index in [1.807, 2.05) is 49.4 Å². The average molecular weight is 455 g/mol. The zero-order chi connectivity index (χ0) is 17.2. The summed E-state index contributed by atoms with van der Waals surface area (Å²) in [5.74, 6) is 2.48. The predicted molar refractivity (Wildman–Crippen MR) is 113 cm³/mol. The molecular formula is C19H26IN3O2. The van der Waals surface area contributed by atoms with Gasteiger partial charge in [0.25, 0.3) is 0 Å². The van der Waals surface area contributed by atoms with Gasteiger partial charge in [0.1, 0.15) is 11.5 Å². The maximum Gasteiger partial charge on any atom is 0.191 e. The Hall–Kier alpha value is -1.96. The normalized spacial score (nSPS) is 10.6. The molecule has 0 amide bonds. The molecule has 0 radical (unpaired) electrons. The Labute approximate surface area is 166 Å². The molecule has 0 aliphatic carbocycles. The molecule has 0 bridgehead atoms. The van der Waals surface area contributed by atoms with E-state index < -0.39 is 0 Å². The van der Waals surface area contributed by atoms with Crippen molar-refractivity contribution < 1.29 is 9.47 Å². The van der Waals surface area contributed by atoms with Crippen molar-refractivity contribution in [1.82, 2.24) is 10.6 Å². The van der Waals surface area contributed by atoms with Gasteiger partial charge in [-0.3, -0.25) is 0 Å². The number of rotatable bonds is 7. The van der Waals surface area contributed by atoms with Crippen LogP contribution in [0.5, 0.6) is 11.5 Å². The van der Waals surface area contributed by atoms with E-state index in [0.717, 1.165) is 35.1 Å². The predicted octanol–water partition coefficient (Wildman–Crippen LogP) is 3.58. The Kier molecular flexibility index (Phi) is 9.76. The molecule has 0 aliphatic heterocycles. The largest absolute Gasteiger partial charge is 0.497 e. The number of ether oxygens (including phenoxy) is 2. The SMILES string of the molecule is CCNC(=NCc1cccc(OC)c1)NCc1cccc(OC)c1.I. The summed E-state index contributed by atoms with van der Waals surface area (Å²) < 4.78 is 10.5. The maximum atomic E-state index is 5.25. The third kappa shape index (κ3) is 7.21. The summed E-state index contributed by atoms with van der Waals surface area (Å²) in [6.45, 7) is 4.13. The van der Waals surface area contributed by atoms with Crippen LogP contribution in [-0.4, -0.2) is 26.7 Å². The molecule has 0 unspecified atom stereocenters. The fourth-order valence-electron chi connectivity index (χ4n) is 2.25. The highest BCUT2D eigenvalue weighted by Gasteiger charge is 2.01. The van der Waals surface area contributed by atoms with E-state index in [-0.39, 0.29) is 24.0 Å². The van der Waals surface area contributed by atoms with Crippen molar-refractivity contribution in [3.05, 3.63) is 59.7 Å². The van der Waals surface area contributed by atoms with Crippen molar-refractivity contribution in [2.75, 3.05) is 20.8 Å². The third-order valence-corrected chi connectivity index (χ3v) is 3.49. The molecule has 2 aromatic carbocycles. The summed E-state index contributed by atoms with van der Waals surface area (Å²) in [6, 6.07) is 15.9. The van der Waals surface area contributed by atoms with Crippen LogP contribution >= 0.6 is 24.0 Å². The molecule has 0 atom stereocenters. The van der Waals surface area contributed by atoms with Crippen LogP contribution in [0.25, 0.3) is 0 Å². The lowest BCUT2D eigenvalue weighted by Gasteiger charge is -2.12. The lowest BCUT2D eigenvalue weighted by molar-refractivity contribution is 0.414. The first-order valence-electron chi connectivity index (χ1n) is 8.03. The second kappa shape index (κ2) is 11.6. The maximum absolute atomic E-state index is 5.25. The van der Waals surface area contributed by atoms with E-state index >= 15 is 0 Å². The zero-order valence-corrected chi connectivity index (χ0v) is 17.2. The fourth-order valence-corrected chi connectivity index (χ4v) is 2.25. The number of halogens is 1. The van der Waals surface area contributed by atoms with Crippen LogP contribution in [0.15, 0.2) is 53.5 Å². The summed E-state index contributed by atoms with van der Waals surface area (Å²) in [7, 11) is 3.34. The molecule has 0 saturated heterocycles. The first-order chi connectivity index (χ1) is 11.7. The Morgan fingerprint density at radius 3 is 2.12 bits per heavy atom. The van der Waals surface area contributed by atoms with Crippen LogP contribution in [0.2, 0.25) is 0 Å². The number of hydrogen-bond donors (Lipinski definition) is 2. The standard InChI is InChI=1S/C19H25N3O2.HI/c1-4-20-19(21-13-15-7-5-9-17(11-15)23-2)22-14-16-8-6-10-18(12-16)24-3;/h5-12H,4,13-14H2,1-3H3,(H2,20,21,22);1H. The van der Waals surface area contributed by atoms with Gasteiger partial charge < -0.3 is 20.1 Å². The molecule has 136 valence electrons. The molecule has 0 fully saturated rings. The van der Waals surface area contributed by atoms with Gasteiger partial charge in [0.05, 0.1) is 20.8 Å². The second-order valence-corrected chi connectivity index (χ2v) is 5.25. The van der Waals surface area contributed by atoms with Crippen LogP contribution < -0.4 is 20.1 Å². The van der Waals surface area contributed by atoms with E-state index in [9.17, 15) is 0 Å². The Bertz CT molecular complexity index is 677. The number of hydrogen-bond acceptors (Lipinski definition) is 3. The minimum absolute atomic E-state index is 0. The summed E-state index contributed by atoms with van der Waals surface area (Å²) in [4.78, 5) is 4.62. The van der Waals surface area contributed by atoms with Gasteiger partial charge in [-0.05, 0) is 42.3 Å². The quantitative estimate of drug-likeness (QED) is 0.381. The van der Waals surface area contributed by atoms with E-state index in [1.165, 1.54) is 0 Å². The third-order valence-electron chi connectivity index (χ3n) is 3.49. The monoisotopic (exact) mass is 455 g/mol. The molecule has 0 aromatic heterocycles. The van der Waals surface area contributed by atoms with Crippen LogP contribution in [0.3, 0.4) is 0 Å². The molecule has 2 N–H and O–H groups in total. The highest BCUT2D eigenvalue weighted by atomic mass is 127. The van der Waals surface area contributed by atoms with Gasteiger partial charge in [-0.1, -0.05) is 24.3 Å². The fraction of sp³-hybridized carbons (Fsp3) is 0.316. The highest BCUT2D eigenvalue weighted by Crippen LogP contribution is 2.13. The van der Waals surface area contributed by atoms with Crippen LogP contribution in [0, 0.1) is 0 Å². The molecule has 25 heavy (non-hydrogen) atoms. The molecule has 5 nitrogen and oxygen atoms in total. The first kappa shape index (κ1) is 21.1. The minimum atomic E-state index is 0. The van der Waals surface area contributed by atoms with Crippen LogP contribution in [0.4, 0.5) is 0 Å². The smallest absolute Gasteiger partial charge is 0.191 e. The van der Waals surface area contributed by atoms with Crippen LogP contribution in [-0.2, 0) is 13.1 Å². The average Bonchev–Trinajstić information content (AvgIpc) is 2.64. The molecule has 6 heteroatoms. The van der Waals surface area contributed by atoms with Crippen molar-refractivity contribution in [2.24, 2.45) is 4.99 Å².